The van der Waals surface area contributed by atoms with Crippen LogP contribution in [-0.4, -0.2) is 28.6 Å². The first-order valence-corrected chi connectivity index (χ1v) is 13.2. The van der Waals surface area contributed by atoms with Crippen molar-refractivity contribution in [3.8, 4) is 0 Å². The molecule has 18 heavy (non-hydrogen) atoms. The summed E-state index contributed by atoms with van der Waals surface area (Å²) >= 11 is 0. The Hall–Kier alpha value is 2.59. The van der Waals surface area contributed by atoms with E-state index in [0.717, 1.165) is 0 Å². The van der Waals surface area contributed by atoms with Crippen molar-refractivity contribution < 1.29 is 70.2 Å². The first-order valence-electron chi connectivity index (χ1n) is 6.27. The molecule has 0 aromatic heterocycles. The summed E-state index contributed by atoms with van der Waals surface area (Å²) in [4.78, 5) is 0. The largest absolute Gasteiger partial charge is 1.00 e. The van der Waals surface area contributed by atoms with Crippen molar-refractivity contribution in [2.45, 2.75) is 79.1 Å². The minimum atomic E-state index is -1.11. The third-order valence-electron chi connectivity index (χ3n) is 1.27. The Morgan fingerprint density at radius 2 is 0.889 bits per heavy atom. The first-order chi connectivity index (χ1) is 6.83. The van der Waals surface area contributed by atoms with Crippen LogP contribution in [0, 0.1) is 0 Å². The zero-order valence-electron chi connectivity index (χ0n) is 15.0. The molecule has 0 heterocycles. The fourth-order valence-corrected chi connectivity index (χ4v) is 9.65. The second kappa shape index (κ2) is 13.3. The van der Waals surface area contributed by atoms with Gasteiger partial charge in [-0.2, -0.15) is 0 Å². The maximum Gasteiger partial charge on any atom is 1.00 e. The Labute approximate surface area is 173 Å². The normalized spacial score (nSPS) is 11.3. The van der Waals surface area contributed by atoms with Crippen LogP contribution in [0.1, 0.15) is 27.7 Å². The number of rotatable bonds is 4. The first kappa shape index (κ1) is 28.7. The van der Waals surface area contributed by atoms with Crippen molar-refractivity contribution in [2.75, 3.05) is 0 Å². The molecule has 0 spiro atoms. The maximum absolute atomic E-state index is 4.82. The predicted octanol–water partition coefficient (Wildman–Crippen LogP) is -0.785. The molecular weight excluding hydrogens is 274 g/mol. The van der Waals surface area contributed by atoms with Gasteiger partial charge >= 0.3 is 70.2 Å². The molecule has 0 unspecified atom stereocenters. The summed E-state index contributed by atoms with van der Waals surface area (Å²) in [5.74, 6) is 0. The molecule has 0 N–H and O–H groups in total. The minimum Gasteiger partial charge on any atom is -0.668 e. The van der Waals surface area contributed by atoms with Crippen LogP contribution in [-0.2, 0) is 0 Å². The summed E-state index contributed by atoms with van der Waals surface area (Å²) < 4.78 is 4.82. The van der Waals surface area contributed by atoms with Crippen molar-refractivity contribution in [3.05, 3.63) is 9.96 Å². The van der Waals surface area contributed by atoms with Gasteiger partial charge in [0.2, 0.25) is 0 Å². The molecule has 0 aromatic rings. The monoisotopic (exact) mass is 306 g/mol. The van der Waals surface area contributed by atoms with Gasteiger partial charge in [-0.1, -0.05) is 83.4 Å². The van der Waals surface area contributed by atoms with Crippen LogP contribution in [0.15, 0.2) is 0 Å². The van der Waals surface area contributed by atoms with E-state index < -0.39 is 16.5 Å². The van der Waals surface area contributed by atoms with E-state index in [4.69, 9.17) is 4.65 Å². The molecule has 100 valence electrons. The average molecular weight is 307 g/mol. The minimum absolute atomic E-state index is 0. The third-order valence-corrected chi connectivity index (χ3v) is 6.63. The molecule has 0 amide bonds. The smallest absolute Gasteiger partial charge is 0.668 e. The summed E-state index contributed by atoms with van der Waals surface area (Å²) in [7, 11) is -2.21. The van der Waals surface area contributed by atoms with Crippen molar-refractivity contribution in [1.29, 1.82) is 0 Å². The van der Waals surface area contributed by atoms with E-state index in [1.54, 1.807) is 0 Å². The van der Waals surface area contributed by atoms with Gasteiger partial charge in [-0.3, -0.25) is 0 Å². The van der Waals surface area contributed by atoms with Gasteiger partial charge in [0.1, 0.15) is 0 Å². The van der Waals surface area contributed by atoms with E-state index in [9.17, 15) is 0 Å². The van der Waals surface area contributed by atoms with Crippen molar-refractivity contribution in [1.82, 2.24) is 0 Å². The molecule has 0 aromatic carbocycles. The molecule has 0 aliphatic carbocycles. The van der Waals surface area contributed by atoms with Crippen molar-refractivity contribution in [2.24, 2.45) is 0 Å². The second-order valence-electron chi connectivity index (χ2n) is 6.79. The fraction of sp³-hybridized carbons (Fsp3) is 1.00. The molecule has 2 nitrogen and oxygen atoms in total. The number of hydrogen-bond acceptors (Lipinski definition) is 0. The quantitative estimate of drug-likeness (QED) is 0.610. The molecule has 0 bridgehead atoms. The SMILES string of the molecule is CC(C)[N-]C(C)C.C[Si](C)(C)[N-][Si](C)(C)C.[K+].[Li+]. The Kier molecular flexibility index (Phi) is 21.2. The van der Waals surface area contributed by atoms with Crippen LogP contribution >= 0.6 is 0 Å². The van der Waals surface area contributed by atoms with Crippen molar-refractivity contribution >= 4 is 16.5 Å². The Bertz CT molecular complexity index is 160. The van der Waals surface area contributed by atoms with Gasteiger partial charge in [0.25, 0.3) is 0 Å². The van der Waals surface area contributed by atoms with Crippen LogP contribution in [0.4, 0.5) is 0 Å². The summed E-state index contributed by atoms with van der Waals surface area (Å²) in [6, 6.07) is 1.000. The Morgan fingerprint density at radius 1 is 0.667 bits per heavy atom. The zero-order chi connectivity index (χ0) is 13.6. The van der Waals surface area contributed by atoms with Crippen LogP contribution in [0.3, 0.4) is 0 Å². The molecule has 0 atom stereocenters. The maximum atomic E-state index is 4.82. The number of nitrogens with zero attached hydrogens (tertiary/aromatic N) is 2. The van der Waals surface area contributed by atoms with E-state index in [1.807, 2.05) is 0 Å². The van der Waals surface area contributed by atoms with E-state index in [1.165, 1.54) is 0 Å². The summed E-state index contributed by atoms with van der Waals surface area (Å²) in [6.45, 7) is 22.2. The van der Waals surface area contributed by atoms with Gasteiger partial charge in [-0.25, -0.2) is 0 Å². The molecule has 0 aliphatic heterocycles. The molecular formula is C12H32KLiN2Si2. The van der Waals surface area contributed by atoms with Gasteiger partial charge in [0.15, 0.2) is 0 Å². The second-order valence-corrected chi connectivity index (χ2v) is 16.4. The van der Waals surface area contributed by atoms with Crippen LogP contribution in [0.5, 0.6) is 0 Å². The third kappa shape index (κ3) is 36.3. The van der Waals surface area contributed by atoms with Crippen LogP contribution < -0.4 is 70.2 Å². The number of hydrogen-bond donors (Lipinski definition) is 0. The fourth-order valence-electron chi connectivity index (χ4n) is 1.60. The van der Waals surface area contributed by atoms with Gasteiger partial charge < -0.3 is 9.96 Å². The molecule has 0 saturated carbocycles. The Morgan fingerprint density at radius 3 is 0.889 bits per heavy atom. The average Bonchev–Trinajstić information content (AvgIpc) is 1.72. The predicted molar refractivity (Wildman–Crippen MR) is 83.7 cm³/mol. The topological polar surface area (TPSA) is 28.2 Å². The molecule has 0 rings (SSSR count). The van der Waals surface area contributed by atoms with E-state index in [0.29, 0.717) is 12.1 Å². The summed E-state index contributed by atoms with van der Waals surface area (Å²) in [6.07, 6.45) is 0. The van der Waals surface area contributed by atoms with Crippen molar-refractivity contribution in [3.63, 3.8) is 0 Å². The summed E-state index contributed by atoms with van der Waals surface area (Å²) in [5, 5.41) is 4.28. The molecule has 0 radical (unpaired) electrons. The molecule has 0 fully saturated rings. The van der Waals surface area contributed by atoms with E-state index >= 15 is 0 Å². The Balaban J connectivity index is -0.000000100. The summed E-state index contributed by atoms with van der Waals surface area (Å²) in [5.41, 5.74) is 0. The standard InChI is InChI=1S/C6H18NSi2.C6H14N.K.Li/c1-8(2,3)7-9(4,5)6;1-5(2)7-6(3)4;;/h1-6H3;5-6H,1-4H3;;/q2*-1;2*+1. The van der Waals surface area contributed by atoms with Crippen LogP contribution in [0.2, 0.25) is 39.3 Å². The van der Waals surface area contributed by atoms with Gasteiger partial charge in [0, 0.05) is 0 Å². The van der Waals surface area contributed by atoms with Gasteiger partial charge in [-0.05, 0) is 0 Å². The van der Waals surface area contributed by atoms with E-state index in [-0.39, 0.29) is 70.2 Å². The van der Waals surface area contributed by atoms with Gasteiger partial charge in [0.05, 0.1) is 0 Å². The van der Waals surface area contributed by atoms with Crippen LogP contribution in [0.25, 0.3) is 9.96 Å². The molecule has 0 aliphatic rings. The van der Waals surface area contributed by atoms with E-state index in [2.05, 4.69) is 72.3 Å². The van der Waals surface area contributed by atoms with Gasteiger partial charge in [-0.15, -0.1) is 12.1 Å². The molecule has 6 heteroatoms. The zero-order valence-corrected chi connectivity index (χ0v) is 20.2. The molecule has 0 saturated heterocycles.